The number of hydrogen-bond donors (Lipinski definition) is 1. The Bertz CT molecular complexity index is 984. The van der Waals surface area contributed by atoms with Gasteiger partial charge in [-0.25, -0.2) is 8.42 Å². The number of nitrogens with one attached hydrogen (secondary N) is 1. The fraction of sp³-hybridized carbons (Fsp3) is 0.350. The number of morpholine rings is 1. The van der Waals surface area contributed by atoms with Crippen LogP contribution >= 0.6 is 15.9 Å². The average Bonchev–Trinajstić information content (AvgIpc) is 2.67. The molecule has 2 unspecified atom stereocenters. The number of nitrogens with zero attached hydrogens (tertiary/aromatic N) is 1. The molecule has 3 rings (SSSR count). The van der Waals surface area contributed by atoms with E-state index in [-0.39, 0.29) is 34.3 Å². The van der Waals surface area contributed by atoms with Crippen LogP contribution in [0.25, 0.3) is 0 Å². The second-order valence-electron chi connectivity index (χ2n) is 6.95. The molecule has 1 N–H and O–H groups in total. The maximum Gasteiger partial charge on any atom is 0.265 e. The van der Waals surface area contributed by atoms with E-state index in [0.717, 1.165) is 4.47 Å². The summed E-state index contributed by atoms with van der Waals surface area (Å²) in [4.78, 5) is 14.6. The van der Waals surface area contributed by atoms with Crippen LogP contribution in [0.15, 0.2) is 51.8 Å². The zero-order chi connectivity index (χ0) is 21.2. The largest absolute Gasteiger partial charge is 0.495 e. The predicted octanol–water partition coefficient (Wildman–Crippen LogP) is 3.51. The van der Waals surface area contributed by atoms with Gasteiger partial charge in [0.15, 0.2) is 0 Å². The molecule has 0 bridgehead atoms. The van der Waals surface area contributed by atoms with Crippen molar-refractivity contribution >= 4 is 37.5 Å². The molecule has 2 aromatic carbocycles. The predicted molar refractivity (Wildman–Crippen MR) is 114 cm³/mol. The first-order valence-corrected chi connectivity index (χ1v) is 11.4. The summed E-state index contributed by atoms with van der Waals surface area (Å²) in [7, 11) is -2.57. The average molecular weight is 483 g/mol. The lowest BCUT2D eigenvalue weighted by Gasteiger charge is -2.35. The minimum absolute atomic E-state index is 0.0803. The van der Waals surface area contributed by atoms with Crippen LogP contribution in [0.3, 0.4) is 0 Å². The van der Waals surface area contributed by atoms with Crippen LogP contribution in [0.2, 0.25) is 0 Å². The number of hydrogen-bond acceptors (Lipinski definition) is 5. The van der Waals surface area contributed by atoms with Gasteiger partial charge in [-0.05, 0) is 56.3 Å². The topological polar surface area (TPSA) is 84.9 Å². The van der Waals surface area contributed by atoms with E-state index in [0.29, 0.717) is 18.8 Å². The summed E-state index contributed by atoms with van der Waals surface area (Å²) in [5.74, 6) is -0.0791. The summed E-state index contributed by atoms with van der Waals surface area (Å²) in [5, 5.41) is 0. The first-order chi connectivity index (χ1) is 13.7. The van der Waals surface area contributed by atoms with Crippen LogP contribution in [0, 0.1) is 0 Å². The first kappa shape index (κ1) is 21.6. The highest BCUT2D eigenvalue weighted by molar-refractivity contribution is 9.10. The third-order valence-corrected chi connectivity index (χ3v) is 6.43. The summed E-state index contributed by atoms with van der Waals surface area (Å²) in [6.07, 6.45) is -0.161. The van der Waals surface area contributed by atoms with Crippen LogP contribution in [0.1, 0.15) is 24.2 Å². The van der Waals surface area contributed by atoms with E-state index >= 15 is 0 Å². The number of sulfonamides is 1. The molecule has 2 aromatic rings. The lowest BCUT2D eigenvalue weighted by atomic mass is 10.1. The number of amides is 1. The van der Waals surface area contributed by atoms with E-state index in [4.69, 9.17) is 9.47 Å². The molecule has 1 heterocycles. The minimum Gasteiger partial charge on any atom is -0.495 e. The molecule has 0 radical (unpaired) electrons. The highest BCUT2D eigenvalue weighted by Crippen LogP contribution is 2.28. The van der Waals surface area contributed by atoms with E-state index in [2.05, 4.69) is 20.7 Å². The zero-order valence-electron chi connectivity index (χ0n) is 16.4. The van der Waals surface area contributed by atoms with E-state index in [9.17, 15) is 13.2 Å². The van der Waals surface area contributed by atoms with Gasteiger partial charge in [0.25, 0.3) is 15.9 Å². The number of carbonyl (C=O) groups is 1. The smallest absolute Gasteiger partial charge is 0.265 e. The van der Waals surface area contributed by atoms with E-state index in [1.807, 2.05) is 13.8 Å². The monoisotopic (exact) mass is 482 g/mol. The Labute approximate surface area is 179 Å². The molecule has 29 heavy (non-hydrogen) atoms. The Morgan fingerprint density at radius 2 is 1.76 bits per heavy atom. The van der Waals surface area contributed by atoms with Gasteiger partial charge in [-0.3, -0.25) is 9.52 Å². The quantitative estimate of drug-likeness (QED) is 0.704. The molecular weight excluding hydrogens is 460 g/mol. The van der Waals surface area contributed by atoms with Gasteiger partial charge >= 0.3 is 0 Å². The van der Waals surface area contributed by atoms with Crippen molar-refractivity contribution in [2.45, 2.75) is 31.0 Å². The first-order valence-electron chi connectivity index (χ1n) is 9.11. The molecule has 0 aromatic heterocycles. The third-order valence-electron chi connectivity index (χ3n) is 4.50. The zero-order valence-corrected chi connectivity index (χ0v) is 18.8. The molecule has 7 nitrogen and oxygen atoms in total. The number of benzene rings is 2. The van der Waals surface area contributed by atoms with E-state index in [1.54, 1.807) is 35.2 Å². The van der Waals surface area contributed by atoms with Gasteiger partial charge in [0.2, 0.25) is 0 Å². The summed E-state index contributed by atoms with van der Waals surface area (Å²) >= 11 is 3.32. The van der Waals surface area contributed by atoms with Gasteiger partial charge in [0.1, 0.15) is 10.6 Å². The van der Waals surface area contributed by atoms with Crippen molar-refractivity contribution in [2.75, 3.05) is 24.9 Å². The van der Waals surface area contributed by atoms with Crippen LogP contribution in [0.4, 0.5) is 5.69 Å². The molecule has 1 aliphatic heterocycles. The van der Waals surface area contributed by atoms with Crippen molar-refractivity contribution < 1.29 is 22.7 Å². The standard InChI is InChI=1S/C20H23BrN2O5S/c1-13-11-23(12-14(2)28-13)20(24)15-4-9-18(27-3)19(10-15)29(25,26)22-17-7-5-16(21)6-8-17/h4-10,13-14,22H,11-12H2,1-3H3. The molecule has 2 atom stereocenters. The van der Waals surface area contributed by atoms with Gasteiger partial charge in [0, 0.05) is 28.8 Å². The fourth-order valence-corrected chi connectivity index (χ4v) is 4.79. The van der Waals surface area contributed by atoms with Gasteiger partial charge < -0.3 is 14.4 Å². The fourth-order valence-electron chi connectivity index (χ4n) is 3.27. The van der Waals surface area contributed by atoms with Crippen LogP contribution in [-0.2, 0) is 14.8 Å². The Morgan fingerprint density at radius 1 is 1.14 bits per heavy atom. The maximum atomic E-state index is 13.0. The molecular formula is C20H23BrN2O5S. The highest BCUT2D eigenvalue weighted by atomic mass is 79.9. The van der Waals surface area contributed by atoms with Crippen molar-refractivity contribution in [3.63, 3.8) is 0 Å². The SMILES string of the molecule is COc1ccc(C(=O)N2CC(C)OC(C)C2)cc1S(=O)(=O)Nc1ccc(Br)cc1. The van der Waals surface area contributed by atoms with Crippen molar-refractivity contribution in [2.24, 2.45) is 0 Å². The number of rotatable bonds is 5. The van der Waals surface area contributed by atoms with Crippen molar-refractivity contribution in [1.29, 1.82) is 0 Å². The molecule has 0 aliphatic carbocycles. The Kier molecular flexibility index (Phi) is 6.50. The third kappa shape index (κ3) is 5.09. The number of halogens is 1. The molecule has 9 heteroatoms. The highest BCUT2D eigenvalue weighted by Gasteiger charge is 2.28. The van der Waals surface area contributed by atoms with Gasteiger partial charge in [-0.2, -0.15) is 0 Å². The second kappa shape index (κ2) is 8.73. The number of anilines is 1. The summed E-state index contributed by atoms with van der Waals surface area (Å²) in [5.41, 5.74) is 0.686. The molecule has 1 saturated heterocycles. The van der Waals surface area contributed by atoms with Gasteiger partial charge in [-0.15, -0.1) is 0 Å². The van der Waals surface area contributed by atoms with Crippen molar-refractivity contribution in [3.8, 4) is 5.75 Å². The summed E-state index contributed by atoms with van der Waals surface area (Å²) in [6, 6.07) is 11.2. The van der Waals surface area contributed by atoms with Crippen LogP contribution < -0.4 is 9.46 Å². The molecule has 1 aliphatic rings. The Hall–Kier alpha value is -2.10. The summed E-state index contributed by atoms with van der Waals surface area (Å²) in [6.45, 7) is 4.72. The summed E-state index contributed by atoms with van der Waals surface area (Å²) < 4.78 is 40.2. The second-order valence-corrected chi connectivity index (χ2v) is 9.51. The molecule has 0 saturated carbocycles. The van der Waals surface area contributed by atoms with Gasteiger partial charge in [0.05, 0.1) is 19.3 Å². The lowest BCUT2D eigenvalue weighted by Crippen LogP contribution is -2.48. The molecule has 1 amide bonds. The van der Waals surface area contributed by atoms with E-state index in [1.165, 1.54) is 19.2 Å². The normalized spacial score (nSPS) is 19.7. The lowest BCUT2D eigenvalue weighted by molar-refractivity contribution is -0.0586. The Morgan fingerprint density at radius 3 is 2.34 bits per heavy atom. The number of methoxy groups -OCH3 is 1. The number of carbonyl (C=O) groups excluding carboxylic acids is 1. The maximum absolute atomic E-state index is 13.0. The van der Waals surface area contributed by atoms with Crippen LogP contribution in [0.5, 0.6) is 5.75 Å². The Balaban J connectivity index is 1.92. The van der Waals surface area contributed by atoms with Crippen molar-refractivity contribution in [3.05, 3.63) is 52.5 Å². The molecule has 1 fully saturated rings. The molecule has 156 valence electrons. The minimum atomic E-state index is -3.96. The number of ether oxygens (including phenoxy) is 2. The molecule has 0 spiro atoms. The van der Waals surface area contributed by atoms with Gasteiger partial charge in [-0.1, -0.05) is 15.9 Å². The van der Waals surface area contributed by atoms with E-state index < -0.39 is 10.0 Å². The van der Waals surface area contributed by atoms with Crippen molar-refractivity contribution in [1.82, 2.24) is 4.90 Å². The van der Waals surface area contributed by atoms with Crippen LogP contribution in [-0.4, -0.2) is 51.6 Å².